The van der Waals surface area contributed by atoms with Crippen LogP contribution in [0.1, 0.15) is 44.9 Å². The molecular formula is C34H28N2O6S2. The zero-order valence-electron chi connectivity index (χ0n) is 23.8. The van der Waals surface area contributed by atoms with Crippen molar-refractivity contribution in [3.8, 4) is 11.1 Å². The van der Waals surface area contributed by atoms with Gasteiger partial charge in [-0.1, -0.05) is 60.7 Å². The summed E-state index contributed by atoms with van der Waals surface area (Å²) in [7, 11) is 0. The average Bonchev–Trinajstić information content (AvgIpc) is 3.44. The molecule has 0 fully saturated rings. The van der Waals surface area contributed by atoms with Crippen molar-refractivity contribution in [1.82, 2.24) is 0 Å². The molecule has 222 valence electrons. The largest absolute Gasteiger partial charge is 0.478 e. The number of benzene rings is 4. The van der Waals surface area contributed by atoms with Gasteiger partial charge in [0, 0.05) is 32.5 Å². The summed E-state index contributed by atoms with van der Waals surface area (Å²) in [5.74, 6) is -2.37. The molecule has 10 heteroatoms. The Kier molecular flexibility index (Phi) is 9.42. The van der Waals surface area contributed by atoms with Crippen LogP contribution < -0.4 is 10.6 Å². The highest BCUT2D eigenvalue weighted by Crippen LogP contribution is 2.37. The fourth-order valence-electron chi connectivity index (χ4n) is 4.71. The van der Waals surface area contributed by atoms with Crippen molar-refractivity contribution < 1.29 is 29.0 Å². The lowest BCUT2D eigenvalue weighted by atomic mass is 9.98. The molecule has 5 aromatic rings. The zero-order valence-corrected chi connectivity index (χ0v) is 25.5. The quantitative estimate of drug-likeness (QED) is 0.107. The number of aromatic carboxylic acids is 1. The second-order valence-electron chi connectivity index (χ2n) is 9.69. The lowest BCUT2D eigenvalue weighted by Crippen LogP contribution is -2.23. The van der Waals surface area contributed by atoms with Crippen LogP contribution in [0.15, 0.2) is 101 Å². The van der Waals surface area contributed by atoms with E-state index in [1.54, 1.807) is 62.4 Å². The van der Waals surface area contributed by atoms with Crippen LogP contribution in [-0.4, -0.2) is 40.7 Å². The fourth-order valence-corrected chi connectivity index (χ4v) is 6.60. The van der Waals surface area contributed by atoms with E-state index in [1.807, 2.05) is 41.8 Å². The van der Waals surface area contributed by atoms with Gasteiger partial charge in [0.1, 0.15) is 10.6 Å². The number of amides is 2. The third-order valence-corrected chi connectivity index (χ3v) is 8.74. The fraction of sp³-hybridized carbons (Fsp3) is 0.118. The molecule has 3 N–H and O–H groups in total. The lowest BCUT2D eigenvalue weighted by Gasteiger charge is -2.14. The van der Waals surface area contributed by atoms with Gasteiger partial charge in [-0.15, -0.1) is 23.1 Å². The van der Waals surface area contributed by atoms with Gasteiger partial charge in [0.25, 0.3) is 5.91 Å². The zero-order chi connectivity index (χ0) is 31.2. The summed E-state index contributed by atoms with van der Waals surface area (Å²) >= 11 is 2.55. The first kappa shape index (κ1) is 30.5. The third kappa shape index (κ3) is 6.66. The number of hydrogen-bond donors (Lipinski definition) is 3. The molecule has 1 heterocycles. The highest BCUT2D eigenvalue weighted by Gasteiger charge is 2.25. The molecule has 4 aromatic carbocycles. The summed E-state index contributed by atoms with van der Waals surface area (Å²) in [5, 5.41) is 18.1. The first-order chi connectivity index (χ1) is 21.3. The van der Waals surface area contributed by atoms with Gasteiger partial charge in [0.2, 0.25) is 5.91 Å². The van der Waals surface area contributed by atoms with Gasteiger partial charge in [-0.3, -0.25) is 9.59 Å². The standard InChI is InChI=1S/C34H28N2O6S2/c1-3-42-34(41)29-27(21-10-5-4-6-11-21)19-43-32(29)36-30(37)20(2)44-24-15-9-14-23(18-24)35-31(38)25-16-7-12-22-13-8-17-26(28(22)25)33(39)40/h4-20H,3H2,1-2H3,(H,35,38)(H,36,37)(H,39,40). The van der Waals surface area contributed by atoms with E-state index in [2.05, 4.69) is 10.6 Å². The van der Waals surface area contributed by atoms with Crippen molar-refractivity contribution >= 4 is 68.3 Å². The van der Waals surface area contributed by atoms with Gasteiger partial charge in [-0.2, -0.15) is 0 Å². The first-order valence-corrected chi connectivity index (χ1v) is 15.5. The van der Waals surface area contributed by atoms with Crippen LogP contribution in [0.3, 0.4) is 0 Å². The molecule has 2 amide bonds. The van der Waals surface area contributed by atoms with E-state index in [4.69, 9.17) is 4.74 Å². The molecule has 0 aliphatic rings. The van der Waals surface area contributed by atoms with Gasteiger partial charge >= 0.3 is 11.9 Å². The van der Waals surface area contributed by atoms with Gasteiger partial charge in [-0.05, 0) is 55.1 Å². The van der Waals surface area contributed by atoms with Crippen LogP contribution in [0, 0.1) is 0 Å². The number of carboxylic acid groups (broad SMARTS) is 1. The molecule has 0 saturated carbocycles. The number of esters is 1. The first-order valence-electron chi connectivity index (χ1n) is 13.7. The highest BCUT2D eigenvalue weighted by atomic mass is 32.2. The molecule has 1 aromatic heterocycles. The van der Waals surface area contributed by atoms with Crippen LogP contribution in [-0.2, 0) is 9.53 Å². The smallest absolute Gasteiger partial charge is 0.341 e. The minimum atomic E-state index is -1.12. The Hall–Kier alpha value is -4.93. The monoisotopic (exact) mass is 624 g/mol. The van der Waals surface area contributed by atoms with Gasteiger partial charge in [-0.25, -0.2) is 9.59 Å². The van der Waals surface area contributed by atoms with Crippen LogP contribution in [0.25, 0.3) is 21.9 Å². The maximum absolute atomic E-state index is 13.3. The Balaban J connectivity index is 1.31. The summed E-state index contributed by atoms with van der Waals surface area (Å²) in [6.07, 6.45) is 0. The van der Waals surface area contributed by atoms with E-state index >= 15 is 0 Å². The van der Waals surface area contributed by atoms with Crippen molar-refractivity contribution in [2.24, 2.45) is 0 Å². The SMILES string of the molecule is CCOC(=O)c1c(-c2ccccc2)csc1NC(=O)C(C)Sc1cccc(NC(=O)c2cccc3cccc(C(=O)O)c23)c1. The van der Waals surface area contributed by atoms with Crippen molar-refractivity contribution in [3.05, 3.63) is 113 Å². The van der Waals surface area contributed by atoms with Crippen molar-refractivity contribution in [2.75, 3.05) is 17.2 Å². The van der Waals surface area contributed by atoms with E-state index in [0.717, 1.165) is 10.5 Å². The predicted molar refractivity (Wildman–Crippen MR) is 175 cm³/mol. The predicted octanol–water partition coefficient (Wildman–Crippen LogP) is 7.81. The minimum Gasteiger partial charge on any atom is -0.478 e. The van der Waals surface area contributed by atoms with Gasteiger partial charge in [0.15, 0.2) is 0 Å². The summed E-state index contributed by atoms with van der Waals surface area (Å²) in [4.78, 5) is 52.0. The summed E-state index contributed by atoms with van der Waals surface area (Å²) in [5.41, 5.74) is 2.64. The molecule has 1 unspecified atom stereocenters. The maximum Gasteiger partial charge on any atom is 0.341 e. The van der Waals surface area contributed by atoms with E-state index in [9.17, 15) is 24.3 Å². The Morgan fingerprint density at radius 2 is 1.59 bits per heavy atom. The molecule has 1 atom stereocenters. The number of carbonyl (C=O) groups excluding carboxylic acids is 3. The van der Waals surface area contributed by atoms with Crippen molar-refractivity contribution in [1.29, 1.82) is 0 Å². The Bertz CT molecular complexity index is 1860. The molecule has 0 aliphatic carbocycles. The summed E-state index contributed by atoms with van der Waals surface area (Å²) in [6, 6.07) is 26.4. The topological polar surface area (TPSA) is 122 Å². The molecule has 0 saturated heterocycles. The molecule has 0 spiro atoms. The van der Waals surface area contributed by atoms with Crippen LogP contribution in [0.4, 0.5) is 10.7 Å². The Morgan fingerprint density at radius 3 is 2.30 bits per heavy atom. The minimum absolute atomic E-state index is 0.0464. The molecule has 0 radical (unpaired) electrons. The summed E-state index contributed by atoms with van der Waals surface area (Å²) < 4.78 is 5.29. The van der Waals surface area contributed by atoms with E-state index in [0.29, 0.717) is 32.6 Å². The number of anilines is 2. The number of thioether (sulfide) groups is 1. The molecule has 8 nitrogen and oxygen atoms in total. The number of thiophene rings is 1. The summed E-state index contributed by atoms with van der Waals surface area (Å²) in [6.45, 7) is 3.69. The van der Waals surface area contributed by atoms with Gasteiger partial charge in [0.05, 0.1) is 17.4 Å². The number of carboxylic acids is 1. The number of rotatable bonds is 10. The normalized spacial score (nSPS) is 11.5. The van der Waals surface area contributed by atoms with Gasteiger partial charge < -0.3 is 20.5 Å². The Morgan fingerprint density at radius 1 is 0.886 bits per heavy atom. The number of ether oxygens (including phenoxy) is 1. The second kappa shape index (κ2) is 13.6. The number of fused-ring (bicyclic) bond motifs is 1. The van der Waals surface area contributed by atoms with Crippen LogP contribution in [0.5, 0.6) is 0 Å². The van der Waals surface area contributed by atoms with E-state index < -0.39 is 23.1 Å². The van der Waals surface area contributed by atoms with E-state index in [1.165, 1.54) is 29.2 Å². The van der Waals surface area contributed by atoms with Crippen LogP contribution in [0.2, 0.25) is 0 Å². The number of hydrogen-bond acceptors (Lipinski definition) is 7. The van der Waals surface area contributed by atoms with Crippen LogP contribution >= 0.6 is 23.1 Å². The van der Waals surface area contributed by atoms with E-state index in [-0.39, 0.29) is 23.6 Å². The molecule has 5 rings (SSSR count). The highest BCUT2D eigenvalue weighted by molar-refractivity contribution is 8.00. The van der Waals surface area contributed by atoms with Crippen molar-refractivity contribution in [2.45, 2.75) is 24.0 Å². The second-order valence-corrected chi connectivity index (χ2v) is 12.0. The van der Waals surface area contributed by atoms with Crippen molar-refractivity contribution in [3.63, 3.8) is 0 Å². The molecular weight excluding hydrogens is 597 g/mol. The number of carbonyl (C=O) groups is 4. The number of nitrogens with one attached hydrogen (secondary N) is 2. The average molecular weight is 625 g/mol. The maximum atomic E-state index is 13.3. The molecule has 0 aliphatic heterocycles. The Labute approximate surface area is 262 Å². The lowest BCUT2D eigenvalue weighted by molar-refractivity contribution is -0.115. The molecule has 44 heavy (non-hydrogen) atoms. The molecule has 0 bridgehead atoms. The third-order valence-electron chi connectivity index (χ3n) is 6.75.